The van der Waals surface area contributed by atoms with Crippen molar-refractivity contribution in [3.63, 3.8) is 0 Å². The summed E-state index contributed by atoms with van der Waals surface area (Å²) in [5.74, 6) is -1.18. The van der Waals surface area contributed by atoms with Crippen LogP contribution in [-0.4, -0.2) is 11.8 Å². The Morgan fingerprint density at radius 1 is 1.10 bits per heavy atom. The van der Waals surface area contributed by atoms with Gasteiger partial charge in [0.05, 0.1) is 0 Å². The van der Waals surface area contributed by atoms with Gasteiger partial charge in [-0.3, -0.25) is 9.59 Å². The fourth-order valence-electron chi connectivity index (χ4n) is 0.739. The lowest BCUT2D eigenvalue weighted by Gasteiger charge is -2.02. The first-order chi connectivity index (χ1) is 4.09. The first-order valence-electron chi connectivity index (χ1n) is 2.69. The topological polar surface area (TPSA) is 86.2 Å². The van der Waals surface area contributed by atoms with Crippen molar-refractivity contribution in [2.45, 2.75) is 12.8 Å². The smallest absolute Gasteiger partial charge is 0.233 e. The molecule has 0 saturated heterocycles. The van der Waals surface area contributed by atoms with Crippen molar-refractivity contribution in [2.24, 2.45) is 16.9 Å². The highest BCUT2D eigenvalue weighted by Gasteiger charge is 2.54. The predicted molar refractivity (Wildman–Crippen MR) is 37.3 cm³/mol. The standard InChI is InChI=1S/C5H8N2O2.ClH/c6-3(8)5(1-2-5)4(7)9;/h1-2H2,(H2,6,8)(H2,7,9);1H. The van der Waals surface area contributed by atoms with Crippen LogP contribution in [0.3, 0.4) is 0 Å². The third-order valence-electron chi connectivity index (χ3n) is 1.69. The van der Waals surface area contributed by atoms with E-state index in [0.29, 0.717) is 12.8 Å². The SMILES string of the molecule is Cl.NC(=O)C1(C(N)=O)CC1. The predicted octanol–water partition coefficient (Wildman–Crippen LogP) is -0.841. The Balaban J connectivity index is 0.000000810. The molecule has 0 heterocycles. The van der Waals surface area contributed by atoms with Gasteiger partial charge in [-0.15, -0.1) is 12.4 Å². The average molecular weight is 165 g/mol. The van der Waals surface area contributed by atoms with Gasteiger partial charge in [-0.1, -0.05) is 0 Å². The second-order valence-electron chi connectivity index (χ2n) is 2.31. The molecule has 4 N–H and O–H groups in total. The maximum atomic E-state index is 10.4. The molecular weight excluding hydrogens is 156 g/mol. The van der Waals surface area contributed by atoms with Gasteiger partial charge in [0.15, 0.2) is 0 Å². The molecule has 1 fully saturated rings. The van der Waals surface area contributed by atoms with Gasteiger partial charge in [0.1, 0.15) is 5.41 Å². The quantitative estimate of drug-likeness (QED) is 0.522. The van der Waals surface area contributed by atoms with Gasteiger partial charge < -0.3 is 11.5 Å². The highest BCUT2D eigenvalue weighted by Crippen LogP contribution is 2.44. The third kappa shape index (κ3) is 1.07. The van der Waals surface area contributed by atoms with Crippen molar-refractivity contribution in [2.75, 3.05) is 0 Å². The Morgan fingerprint density at radius 2 is 1.40 bits per heavy atom. The largest absolute Gasteiger partial charge is 0.369 e. The molecule has 0 unspecified atom stereocenters. The lowest BCUT2D eigenvalue weighted by Crippen LogP contribution is -2.36. The molecular formula is C5H9ClN2O2. The van der Waals surface area contributed by atoms with Crippen molar-refractivity contribution >= 4 is 24.2 Å². The zero-order valence-corrected chi connectivity index (χ0v) is 6.11. The zero-order chi connectivity index (χ0) is 7.07. The van der Waals surface area contributed by atoms with E-state index in [0.717, 1.165) is 0 Å². The van der Waals surface area contributed by atoms with Crippen LogP contribution in [0.5, 0.6) is 0 Å². The average Bonchev–Trinajstić information content (AvgIpc) is 2.40. The number of rotatable bonds is 2. The first kappa shape index (κ1) is 9.23. The van der Waals surface area contributed by atoms with E-state index in [1.165, 1.54) is 0 Å². The van der Waals surface area contributed by atoms with Crippen molar-refractivity contribution in [3.05, 3.63) is 0 Å². The molecule has 0 aromatic heterocycles. The number of carbonyl (C=O) groups excluding carboxylic acids is 2. The van der Waals surface area contributed by atoms with E-state index in [4.69, 9.17) is 11.5 Å². The summed E-state index contributed by atoms with van der Waals surface area (Å²) in [6.07, 6.45) is 1.05. The van der Waals surface area contributed by atoms with E-state index < -0.39 is 17.2 Å². The fraction of sp³-hybridized carbons (Fsp3) is 0.600. The van der Waals surface area contributed by atoms with Crippen molar-refractivity contribution in [1.82, 2.24) is 0 Å². The summed E-state index contributed by atoms with van der Waals surface area (Å²) < 4.78 is 0. The van der Waals surface area contributed by atoms with Crippen LogP contribution < -0.4 is 11.5 Å². The van der Waals surface area contributed by atoms with E-state index in [9.17, 15) is 9.59 Å². The van der Waals surface area contributed by atoms with Gasteiger partial charge >= 0.3 is 0 Å². The van der Waals surface area contributed by atoms with Crippen molar-refractivity contribution < 1.29 is 9.59 Å². The molecule has 58 valence electrons. The van der Waals surface area contributed by atoms with Gasteiger partial charge in [-0.05, 0) is 12.8 Å². The van der Waals surface area contributed by atoms with E-state index >= 15 is 0 Å². The summed E-state index contributed by atoms with van der Waals surface area (Å²) in [4.78, 5) is 20.9. The monoisotopic (exact) mass is 164 g/mol. The number of nitrogens with two attached hydrogens (primary N) is 2. The van der Waals surface area contributed by atoms with Crippen LogP contribution in [0, 0.1) is 5.41 Å². The fourth-order valence-corrected chi connectivity index (χ4v) is 0.739. The van der Waals surface area contributed by atoms with Crippen LogP contribution in [0.4, 0.5) is 0 Å². The number of halogens is 1. The molecule has 1 aliphatic carbocycles. The molecule has 1 saturated carbocycles. The summed E-state index contributed by atoms with van der Waals surface area (Å²) in [7, 11) is 0. The van der Waals surface area contributed by atoms with Crippen molar-refractivity contribution in [1.29, 1.82) is 0 Å². The lowest BCUT2D eigenvalue weighted by molar-refractivity contribution is -0.133. The Labute approximate surface area is 64.3 Å². The number of hydrogen-bond acceptors (Lipinski definition) is 2. The Hall–Kier alpha value is -0.770. The van der Waals surface area contributed by atoms with Crippen LogP contribution in [0.25, 0.3) is 0 Å². The molecule has 0 aromatic carbocycles. The van der Waals surface area contributed by atoms with E-state index in [1.807, 2.05) is 0 Å². The van der Waals surface area contributed by atoms with Crippen LogP contribution >= 0.6 is 12.4 Å². The normalized spacial score (nSPS) is 18.8. The van der Waals surface area contributed by atoms with Crippen molar-refractivity contribution in [3.8, 4) is 0 Å². The zero-order valence-electron chi connectivity index (χ0n) is 5.29. The van der Waals surface area contributed by atoms with Gasteiger partial charge in [0.2, 0.25) is 11.8 Å². The van der Waals surface area contributed by atoms with Gasteiger partial charge in [-0.25, -0.2) is 0 Å². The molecule has 0 bridgehead atoms. The lowest BCUT2D eigenvalue weighted by atomic mass is 10.1. The molecule has 5 heteroatoms. The third-order valence-corrected chi connectivity index (χ3v) is 1.69. The summed E-state index contributed by atoms with van der Waals surface area (Å²) >= 11 is 0. The highest BCUT2D eigenvalue weighted by atomic mass is 35.5. The van der Waals surface area contributed by atoms with E-state index in [1.54, 1.807) is 0 Å². The maximum absolute atomic E-state index is 10.4. The molecule has 0 aromatic rings. The van der Waals surface area contributed by atoms with Gasteiger partial charge in [0, 0.05) is 0 Å². The maximum Gasteiger partial charge on any atom is 0.233 e. The summed E-state index contributed by atoms with van der Waals surface area (Å²) in [6.45, 7) is 0. The molecule has 0 atom stereocenters. The minimum absolute atomic E-state index is 0. The number of amides is 2. The Kier molecular flexibility index (Phi) is 2.27. The number of primary amides is 2. The Bertz CT molecular complexity index is 160. The van der Waals surface area contributed by atoms with Crippen LogP contribution in [0.1, 0.15) is 12.8 Å². The highest BCUT2D eigenvalue weighted by molar-refractivity contribution is 6.06. The summed E-state index contributed by atoms with van der Waals surface area (Å²) in [5.41, 5.74) is 8.82. The Morgan fingerprint density at radius 3 is 1.40 bits per heavy atom. The minimum Gasteiger partial charge on any atom is -0.369 e. The molecule has 0 aliphatic heterocycles. The van der Waals surface area contributed by atoms with Crippen LogP contribution in [0.15, 0.2) is 0 Å². The molecule has 1 rings (SSSR count). The second kappa shape index (κ2) is 2.46. The van der Waals surface area contributed by atoms with Crippen LogP contribution in [0.2, 0.25) is 0 Å². The number of carbonyl (C=O) groups is 2. The minimum atomic E-state index is -0.972. The summed E-state index contributed by atoms with van der Waals surface area (Å²) in [6, 6.07) is 0. The first-order valence-corrected chi connectivity index (χ1v) is 2.69. The molecule has 4 nitrogen and oxygen atoms in total. The molecule has 1 aliphatic rings. The molecule has 2 amide bonds. The van der Waals surface area contributed by atoms with E-state index in [2.05, 4.69) is 0 Å². The molecule has 0 spiro atoms. The van der Waals surface area contributed by atoms with Crippen LogP contribution in [-0.2, 0) is 9.59 Å². The summed E-state index contributed by atoms with van der Waals surface area (Å²) in [5, 5.41) is 0. The van der Waals surface area contributed by atoms with Gasteiger partial charge in [0.25, 0.3) is 0 Å². The molecule has 0 radical (unpaired) electrons. The van der Waals surface area contributed by atoms with Gasteiger partial charge in [-0.2, -0.15) is 0 Å². The second-order valence-corrected chi connectivity index (χ2v) is 2.31. The number of hydrogen-bond donors (Lipinski definition) is 2. The van der Waals surface area contributed by atoms with E-state index in [-0.39, 0.29) is 12.4 Å². The molecule has 10 heavy (non-hydrogen) atoms.